The molecule has 2 saturated heterocycles. The molecule has 2 N–H and O–H groups in total. The van der Waals surface area contributed by atoms with Crippen LogP contribution in [0.5, 0.6) is 6.01 Å². The van der Waals surface area contributed by atoms with E-state index in [-0.39, 0.29) is 48.8 Å². The van der Waals surface area contributed by atoms with E-state index < -0.39 is 22.5 Å². The van der Waals surface area contributed by atoms with E-state index in [0.717, 1.165) is 50.1 Å². The molecule has 1 aromatic carbocycles. The zero-order chi connectivity index (χ0) is 41.0. The number of pyridine rings is 1. The molecule has 316 valence electrons. The quantitative estimate of drug-likeness (QED) is 0.113. The fraction of sp³-hybridized carbons (Fsp3) is 0.690. The number of benzene rings is 1. The first-order valence-electron chi connectivity index (χ1n) is 20.9. The van der Waals surface area contributed by atoms with E-state index in [1.54, 1.807) is 0 Å². The predicted octanol–water partition coefficient (Wildman–Crippen LogP) is 8.91. The zero-order valence-corrected chi connectivity index (χ0v) is 38.0. The number of aromatic nitrogens is 3. The standard InChI is InChI=1S/C42H65ClN4O8Si2/c1-42(2,3)57(7,8)55-37(25-48)36-23-33(26-52-36)53-40-45-35-24-34(43)38(46-39(35)47(40)27-51-21-22-56(4,5)6)30-11-9-28(10-12-30)29-13-15-31(16-14-29)44-41(49)54-32-17-19-50-20-18-32/h9-12,24,29,31-33,36-37,48H,13-23,25-27H2,1-8H3,(H,44,49). The molecule has 1 amide bonds. The molecule has 1 aliphatic carbocycles. The average molecular weight is 846 g/mol. The van der Waals surface area contributed by atoms with Crippen molar-refractivity contribution in [2.24, 2.45) is 0 Å². The highest BCUT2D eigenvalue weighted by molar-refractivity contribution is 6.76. The predicted molar refractivity (Wildman–Crippen MR) is 228 cm³/mol. The number of carbonyl (C=O) groups is 1. The molecule has 3 atom stereocenters. The van der Waals surface area contributed by atoms with Gasteiger partial charge in [0.05, 0.1) is 49.4 Å². The van der Waals surface area contributed by atoms with E-state index in [1.807, 2.05) is 10.6 Å². The number of aliphatic hydroxyl groups is 1. The second-order valence-corrected chi connectivity index (χ2v) is 29.6. The third kappa shape index (κ3) is 11.6. The Kier molecular flexibility index (Phi) is 14.5. The summed E-state index contributed by atoms with van der Waals surface area (Å²) in [5.41, 5.74) is 4.10. The van der Waals surface area contributed by atoms with Gasteiger partial charge in [-0.05, 0) is 67.4 Å². The Labute approximate surface area is 345 Å². The number of carbonyl (C=O) groups excluding carboxylic acids is 1. The van der Waals surface area contributed by atoms with Gasteiger partial charge in [0.2, 0.25) is 0 Å². The molecule has 3 aliphatic rings. The van der Waals surface area contributed by atoms with Gasteiger partial charge in [-0.25, -0.2) is 9.78 Å². The van der Waals surface area contributed by atoms with Crippen molar-refractivity contribution < 1.29 is 38.0 Å². The Morgan fingerprint density at radius 1 is 1.02 bits per heavy atom. The summed E-state index contributed by atoms with van der Waals surface area (Å²) in [5.74, 6) is 0.411. The number of alkyl carbamates (subject to hydrolysis) is 1. The summed E-state index contributed by atoms with van der Waals surface area (Å²) in [4.78, 5) is 22.4. The lowest BCUT2D eigenvalue weighted by Gasteiger charge is -2.40. The number of imidazole rings is 1. The van der Waals surface area contributed by atoms with Gasteiger partial charge in [-0.2, -0.15) is 4.98 Å². The number of halogens is 1. The summed E-state index contributed by atoms with van der Waals surface area (Å²) < 4.78 is 38.4. The summed E-state index contributed by atoms with van der Waals surface area (Å²) in [5, 5.41) is 13.9. The molecule has 12 nitrogen and oxygen atoms in total. The number of rotatable bonds is 15. The molecule has 0 radical (unpaired) electrons. The van der Waals surface area contributed by atoms with Crippen LogP contribution in [0.1, 0.15) is 77.2 Å². The zero-order valence-electron chi connectivity index (χ0n) is 35.3. The second kappa shape index (κ2) is 18.8. The van der Waals surface area contributed by atoms with Gasteiger partial charge < -0.3 is 38.5 Å². The second-order valence-electron chi connectivity index (χ2n) is 18.8. The van der Waals surface area contributed by atoms with Crippen LogP contribution >= 0.6 is 11.6 Å². The number of amides is 1. The van der Waals surface area contributed by atoms with Crippen LogP contribution in [0.15, 0.2) is 30.3 Å². The number of fused-ring (bicyclic) bond motifs is 1. The summed E-state index contributed by atoms with van der Waals surface area (Å²) in [6, 6.07) is 11.9. The van der Waals surface area contributed by atoms with Crippen molar-refractivity contribution in [1.29, 1.82) is 0 Å². The van der Waals surface area contributed by atoms with Crippen LogP contribution in [0.2, 0.25) is 48.8 Å². The van der Waals surface area contributed by atoms with Crippen molar-refractivity contribution >= 4 is 45.2 Å². The molecular weight excluding hydrogens is 780 g/mol. The molecule has 3 aromatic rings. The first-order chi connectivity index (χ1) is 27.0. The van der Waals surface area contributed by atoms with Gasteiger partial charge in [0, 0.05) is 45.5 Å². The highest BCUT2D eigenvalue weighted by Crippen LogP contribution is 2.39. The molecule has 57 heavy (non-hydrogen) atoms. The van der Waals surface area contributed by atoms with Crippen LogP contribution in [-0.2, 0) is 30.1 Å². The van der Waals surface area contributed by atoms with E-state index in [2.05, 4.69) is 83.1 Å². The Hall–Kier alpha value is -2.57. The third-order valence-corrected chi connectivity index (χ3v) is 18.6. The Bertz CT molecular complexity index is 1780. The minimum atomic E-state index is -2.13. The van der Waals surface area contributed by atoms with E-state index in [0.29, 0.717) is 66.7 Å². The van der Waals surface area contributed by atoms with Gasteiger partial charge in [-0.15, -0.1) is 0 Å². The minimum absolute atomic E-state index is 0.00628. The summed E-state index contributed by atoms with van der Waals surface area (Å²) in [7, 11) is -3.44. The van der Waals surface area contributed by atoms with Crippen molar-refractivity contribution in [2.45, 2.75) is 153 Å². The lowest BCUT2D eigenvalue weighted by Crippen LogP contribution is -2.48. The Balaban J connectivity index is 1.14. The molecule has 2 aromatic heterocycles. The number of nitrogens with one attached hydrogen (secondary N) is 1. The summed E-state index contributed by atoms with van der Waals surface area (Å²) >= 11 is 6.92. The molecular formula is C42H65ClN4O8Si2. The monoisotopic (exact) mass is 844 g/mol. The number of hydrogen-bond acceptors (Lipinski definition) is 10. The van der Waals surface area contributed by atoms with Gasteiger partial charge >= 0.3 is 12.1 Å². The lowest BCUT2D eigenvalue weighted by atomic mass is 9.81. The minimum Gasteiger partial charge on any atom is -0.459 e. The first kappa shape index (κ1) is 44.0. The molecule has 1 saturated carbocycles. The van der Waals surface area contributed by atoms with E-state index in [9.17, 15) is 9.90 Å². The number of aliphatic hydroxyl groups excluding tert-OH is 1. The lowest BCUT2D eigenvalue weighted by molar-refractivity contribution is -0.0221. The molecule has 3 unspecified atom stereocenters. The molecule has 3 fully saturated rings. The van der Waals surface area contributed by atoms with Crippen molar-refractivity contribution in [3.63, 3.8) is 0 Å². The number of hydrogen-bond donors (Lipinski definition) is 2. The largest absolute Gasteiger partial charge is 0.459 e. The van der Waals surface area contributed by atoms with E-state index >= 15 is 0 Å². The fourth-order valence-electron chi connectivity index (χ4n) is 7.48. The normalized spacial score (nSPS) is 23.1. The van der Waals surface area contributed by atoms with Crippen LogP contribution in [0.3, 0.4) is 0 Å². The highest BCUT2D eigenvalue weighted by atomic mass is 35.5. The van der Waals surface area contributed by atoms with Crippen molar-refractivity contribution in [2.75, 3.05) is 33.0 Å². The molecule has 0 spiro atoms. The van der Waals surface area contributed by atoms with Crippen LogP contribution in [0, 0.1) is 0 Å². The van der Waals surface area contributed by atoms with Crippen molar-refractivity contribution in [3.8, 4) is 17.3 Å². The van der Waals surface area contributed by atoms with Crippen LogP contribution in [-0.4, -0.2) is 106 Å². The first-order valence-corrected chi connectivity index (χ1v) is 27.9. The Morgan fingerprint density at radius 3 is 2.37 bits per heavy atom. The maximum Gasteiger partial charge on any atom is 0.407 e. The van der Waals surface area contributed by atoms with Gasteiger partial charge in [0.25, 0.3) is 0 Å². The van der Waals surface area contributed by atoms with Gasteiger partial charge in [-0.3, -0.25) is 4.57 Å². The molecule has 0 bridgehead atoms. The average Bonchev–Trinajstić information content (AvgIpc) is 3.75. The van der Waals surface area contributed by atoms with Gasteiger partial charge in [-0.1, -0.05) is 76.3 Å². The van der Waals surface area contributed by atoms with Gasteiger partial charge in [0.1, 0.15) is 24.5 Å². The Morgan fingerprint density at radius 2 is 1.72 bits per heavy atom. The number of ether oxygens (including phenoxy) is 5. The van der Waals surface area contributed by atoms with Crippen molar-refractivity contribution in [3.05, 3.63) is 40.9 Å². The molecule has 2 aliphatic heterocycles. The highest BCUT2D eigenvalue weighted by Gasteiger charge is 2.43. The molecule has 15 heteroatoms. The topological polar surface area (TPSA) is 135 Å². The van der Waals surface area contributed by atoms with Crippen LogP contribution in [0.25, 0.3) is 22.4 Å². The number of nitrogens with zero attached hydrogens (tertiary/aromatic N) is 3. The van der Waals surface area contributed by atoms with E-state index in [1.165, 1.54) is 5.56 Å². The fourth-order valence-corrected chi connectivity index (χ4v) is 9.83. The maximum atomic E-state index is 12.5. The third-order valence-electron chi connectivity index (χ3n) is 12.1. The molecule has 6 rings (SSSR count). The SMILES string of the molecule is CC(C)(C)[Si](C)(C)OC(CO)C1CC(Oc2nc3cc(Cl)c(-c4ccc(C5CCC(NC(=O)OC6CCOCC6)CC5)cc4)nc3n2COCC[Si](C)(C)C)CO1. The smallest absolute Gasteiger partial charge is 0.407 e. The van der Waals surface area contributed by atoms with E-state index in [4.69, 9.17) is 49.7 Å². The summed E-state index contributed by atoms with van der Waals surface area (Å²) in [6.45, 7) is 20.3. The van der Waals surface area contributed by atoms with Crippen LogP contribution in [0.4, 0.5) is 4.79 Å². The van der Waals surface area contributed by atoms with Crippen LogP contribution < -0.4 is 10.1 Å². The molecule has 4 heterocycles. The summed E-state index contributed by atoms with van der Waals surface area (Å²) in [6.07, 6.45) is 4.51. The van der Waals surface area contributed by atoms with Gasteiger partial charge in [0.15, 0.2) is 14.0 Å². The maximum absolute atomic E-state index is 12.5. The van der Waals surface area contributed by atoms with Crippen molar-refractivity contribution in [1.82, 2.24) is 19.9 Å².